The molecule has 1 fully saturated rings. The monoisotopic (exact) mass is 346 g/mol. The lowest BCUT2D eigenvalue weighted by Crippen LogP contribution is -2.50. The van der Waals surface area contributed by atoms with Crippen molar-refractivity contribution in [1.82, 2.24) is 10.2 Å². The molecule has 1 heterocycles. The van der Waals surface area contributed by atoms with Gasteiger partial charge < -0.3 is 19.7 Å². The van der Waals surface area contributed by atoms with Crippen LogP contribution >= 0.6 is 0 Å². The highest BCUT2D eigenvalue weighted by Gasteiger charge is 2.28. The molecule has 25 heavy (non-hydrogen) atoms. The van der Waals surface area contributed by atoms with Crippen LogP contribution in [-0.4, -0.2) is 56.9 Å². The summed E-state index contributed by atoms with van der Waals surface area (Å²) in [6.45, 7) is 6.63. The Balaban J connectivity index is 1.98. The first-order valence-corrected chi connectivity index (χ1v) is 8.83. The van der Waals surface area contributed by atoms with Gasteiger partial charge >= 0.3 is 0 Å². The van der Waals surface area contributed by atoms with Gasteiger partial charge in [-0.3, -0.25) is 4.79 Å². The predicted molar refractivity (Wildman–Crippen MR) is 99.7 cm³/mol. The molecule has 1 saturated heterocycles. The summed E-state index contributed by atoms with van der Waals surface area (Å²) in [4.78, 5) is 14.7. The van der Waals surface area contributed by atoms with Crippen LogP contribution in [0.25, 0.3) is 0 Å². The molecule has 0 aromatic heterocycles. The van der Waals surface area contributed by atoms with Crippen LogP contribution in [-0.2, 0) is 16.0 Å². The molecule has 1 aliphatic rings. The van der Waals surface area contributed by atoms with Crippen LogP contribution in [0.1, 0.15) is 36.2 Å². The van der Waals surface area contributed by atoms with E-state index in [2.05, 4.69) is 16.3 Å². The minimum Gasteiger partial charge on any atom is -0.379 e. The van der Waals surface area contributed by atoms with Crippen LogP contribution in [0.4, 0.5) is 0 Å². The molecule has 1 aromatic rings. The average Bonchev–Trinajstić information content (AvgIpc) is 2.55. The lowest BCUT2D eigenvalue weighted by atomic mass is 10.0. The van der Waals surface area contributed by atoms with Gasteiger partial charge in [-0.2, -0.15) is 0 Å². The Bertz CT molecular complexity index is 594. The van der Waals surface area contributed by atoms with Crippen LogP contribution < -0.4 is 5.32 Å². The number of carbonyl (C=O) groups is 1. The quantitative estimate of drug-likeness (QED) is 0.771. The van der Waals surface area contributed by atoms with Crippen molar-refractivity contribution in [3.05, 3.63) is 47.0 Å². The molecule has 138 valence electrons. The van der Waals surface area contributed by atoms with Gasteiger partial charge in [-0.15, -0.1) is 0 Å². The Morgan fingerprint density at radius 1 is 1.40 bits per heavy atom. The molecule has 5 heteroatoms. The zero-order valence-corrected chi connectivity index (χ0v) is 15.7. The first-order valence-electron chi connectivity index (χ1n) is 8.83. The Kier molecular flexibility index (Phi) is 7.62. The summed E-state index contributed by atoms with van der Waals surface area (Å²) >= 11 is 0. The molecule has 0 bridgehead atoms. The summed E-state index contributed by atoms with van der Waals surface area (Å²) < 4.78 is 11.5. The molecule has 0 saturated carbocycles. The molecule has 1 aromatic carbocycles. The van der Waals surface area contributed by atoms with Gasteiger partial charge in [0.1, 0.15) is 0 Å². The fraction of sp³-hybridized carbons (Fsp3) is 0.550. The third kappa shape index (κ3) is 6.61. The summed E-state index contributed by atoms with van der Waals surface area (Å²) in [7, 11) is 4.03. The first kappa shape index (κ1) is 19.6. The van der Waals surface area contributed by atoms with Crippen molar-refractivity contribution in [2.45, 2.75) is 39.0 Å². The van der Waals surface area contributed by atoms with Crippen molar-refractivity contribution in [3.8, 4) is 0 Å². The number of rotatable bonds is 7. The number of hydrogen-bond acceptors (Lipinski definition) is 4. The first-order chi connectivity index (χ1) is 12.0. The highest BCUT2D eigenvalue weighted by Crippen LogP contribution is 2.14. The van der Waals surface area contributed by atoms with Crippen molar-refractivity contribution < 1.29 is 14.3 Å². The van der Waals surface area contributed by atoms with Gasteiger partial charge in [0.15, 0.2) is 0 Å². The minimum atomic E-state index is -0.121. The van der Waals surface area contributed by atoms with E-state index in [0.717, 1.165) is 18.5 Å². The smallest absolute Gasteiger partial charge is 0.251 e. The molecule has 0 spiro atoms. The number of nitrogens with one attached hydrogen (secondary N) is 1. The number of nitrogens with zero attached hydrogens (tertiary/aromatic N) is 1. The van der Waals surface area contributed by atoms with E-state index in [1.807, 2.05) is 52.2 Å². The zero-order chi connectivity index (χ0) is 18.2. The number of amides is 1. The van der Waals surface area contributed by atoms with Crippen LogP contribution in [0, 0.1) is 0 Å². The SMILES string of the molecule is CC(C)=CCO[C@H]1CCOC[C@H]1NC(=O)c1cccc(CN(C)C)c1. The third-order valence-electron chi connectivity index (χ3n) is 4.10. The molecule has 2 rings (SSSR count). The molecule has 0 aliphatic carbocycles. The Morgan fingerprint density at radius 2 is 2.20 bits per heavy atom. The van der Waals surface area contributed by atoms with E-state index in [0.29, 0.717) is 25.4 Å². The normalized spacial score (nSPS) is 20.4. The van der Waals surface area contributed by atoms with Gasteiger partial charge in [0.05, 0.1) is 25.4 Å². The van der Waals surface area contributed by atoms with Gasteiger partial charge in [-0.25, -0.2) is 0 Å². The molecule has 1 N–H and O–H groups in total. The zero-order valence-electron chi connectivity index (χ0n) is 15.7. The van der Waals surface area contributed by atoms with Crippen LogP contribution in [0.15, 0.2) is 35.9 Å². The van der Waals surface area contributed by atoms with E-state index in [9.17, 15) is 4.79 Å². The highest BCUT2D eigenvalue weighted by atomic mass is 16.5. The van der Waals surface area contributed by atoms with Crippen LogP contribution in [0.3, 0.4) is 0 Å². The summed E-state index contributed by atoms with van der Waals surface area (Å²) in [6, 6.07) is 7.62. The molecular formula is C20H30N2O3. The summed E-state index contributed by atoms with van der Waals surface area (Å²) in [5.74, 6) is -0.0769. The van der Waals surface area contributed by atoms with Crippen LogP contribution in [0.2, 0.25) is 0 Å². The van der Waals surface area contributed by atoms with Gasteiger partial charge in [-0.05, 0) is 52.1 Å². The third-order valence-corrected chi connectivity index (χ3v) is 4.10. The second kappa shape index (κ2) is 9.70. The van der Waals surface area contributed by atoms with E-state index >= 15 is 0 Å². The van der Waals surface area contributed by atoms with E-state index in [-0.39, 0.29) is 18.1 Å². The Hall–Kier alpha value is -1.69. The maximum absolute atomic E-state index is 12.6. The standard InChI is InChI=1S/C20H30N2O3/c1-15(2)8-11-25-19-9-10-24-14-18(19)21-20(23)17-7-5-6-16(12-17)13-22(3)4/h5-8,12,18-19H,9-11,13-14H2,1-4H3,(H,21,23)/t18-,19+/m1/s1. The van der Waals surface area contributed by atoms with Crippen molar-refractivity contribution in [2.24, 2.45) is 0 Å². The molecule has 5 nitrogen and oxygen atoms in total. The van der Waals surface area contributed by atoms with Crippen molar-refractivity contribution in [3.63, 3.8) is 0 Å². The number of carbonyl (C=O) groups excluding carboxylic acids is 1. The van der Waals surface area contributed by atoms with Crippen molar-refractivity contribution in [2.75, 3.05) is 33.9 Å². The molecule has 1 amide bonds. The molecule has 2 atom stereocenters. The van der Waals surface area contributed by atoms with E-state index < -0.39 is 0 Å². The average molecular weight is 346 g/mol. The number of benzene rings is 1. The van der Waals surface area contributed by atoms with Crippen molar-refractivity contribution >= 4 is 5.91 Å². The summed E-state index contributed by atoms with van der Waals surface area (Å²) in [6.07, 6.45) is 2.83. The topological polar surface area (TPSA) is 50.8 Å². The second-order valence-corrected chi connectivity index (χ2v) is 7.03. The maximum atomic E-state index is 12.6. The van der Waals surface area contributed by atoms with E-state index in [1.165, 1.54) is 5.57 Å². The Labute approximate surface area is 151 Å². The molecule has 1 aliphatic heterocycles. The lowest BCUT2D eigenvalue weighted by Gasteiger charge is -2.32. The van der Waals surface area contributed by atoms with Gasteiger partial charge in [0, 0.05) is 18.7 Å². The number of hydrogen-bond donors (Lipinski definition) is 1. The van der Waals surface area contributed by atoms with E-state index in [4.69, 9.17) is 9.47 Å². The fourth-order valence-electron chi connectivity index (χ4n) is 2.82. The largest absolute Gasteiger partial charge is 0.379 e. The minimum absolute atomic E-state index is 0.0155. The van der Waals surface area contributed by atoms with Crippen molar-refractivity contribution in [1.29, 1.82) is 0 Å². The molecular weight excluding hydrogens is 316 g/mol. The number of ether oxygens (including phenoxy) is 2. The van der Waals surface area contributed by atoms with Gasteiger partial charge in [-0.1, -0.05) is 23.8 Å². The summed E-state index contributed by atoms with van der Waals surface area (Å²) in [5.41, 5.74) is 3.02. The predicted octanol–water partition coefficient (Wildman–Crippen LogP) is 2.62. The lowest BCUT2D eigenvalue weighted by molar-refractivity contribution is -0.0457. The number of allylic oxidation sites excluding steroid dienone is 1. The summed E-state index contributed by atoms with van der Waals surface area (Å²) in [5, 5.41) is 3.08. The molecule has 0 unspecified atom stereocenters. The Morgan fingerprint density at radius 3 is 2.92 bits per heavy atom. The van der Waals surface area contributed by atoms with Gasteiger partial charge in [0.2, 0.25) is 0 Å². The van der Waals surface area contributed by atoms with E-state index in [1.54, 1.807) is 0 Å². The van der Waals surface area contributed by atoms with Gasteiger partial charge in [0.25, 0.3) is 5.91 Å². The van der Waals surface area contributed by atoms with Crippen LogP contribution in [0.5, 0.6) is 0 Å². The molecule has 0 radical (unpaired) electrons. The fourth-order valence-corrected chi connectivity index (χ4v) is 2.82. The highest BCUT2D eigenvalue weighted by molar-refractivity contribution is 5.94. The maximum Gasteiger partial charge on any atom is 0.251 e. The second-order valence-electron chi connectivity index (χ2n) is 7.03.